The van der Waals surface area contributed by atoms with Crippen molar-refractivity contribution in [3.8, 4) is 5.75 Å². The number of ether oxygens (including phenoxy) is 2. The summed E-state index contributed by atoms with van der Waals surface area (Å²) in [7, 11) is -3.40. The van der Waals surface area contributed by atoms with Crippen LogP contribution < -0.4 is 9.46 Å². The fraction of sp³-hybridized carbons (Fsp3) is 0.571. The highest BCUT2D eigenvalue weighted by atomic mass is 35.5. The summed E-state index contributed by atoms with van der Waals surface area (Å²) < 4.78 is 38.0. The van der Waals surface area contributed by atoms with E-state index in [-0.39, 0.29) is 5.88 Å². The van der Waals surface area contributed by atoms with Crippen LogP contribution in [0, 0.1) is 0 Å². The lowest BCUT2D eigenvalue weighted by Crippen LogP contribution is -2.33. The number of anilines is 1. The Hall–Kier alpha value is -0.980. The number of hydrogen-bond acceptors (Lipinski definition) is 4. The van der Waals surface area contributed by atoms with E-state index in [2.05, 4.69) is 4.72 Å². The molecule has 0 bridgehead atoms. The zero-order valence-electron chi connectivity index (χ0n) is 12.0. The molecule has 1 N–H and O–H groups in total. The molecule has 1 aromatic rings. The number of sulfonamides is 1. The first kappa shape index (κ1) is 16.4. The molecule has 5 nitrogen and oxygen atoms in total. The highest BCUT2D eigenvalue weighted by Gasteiger charge is 2.27. The molecule has 0 atom stereocenters. The summed E-state index contributed by atoms with van der Waals surface area (Å²) in [6.45, 7) is 3.40. The predicted octanol–water partition coefficient (Wildman–Crippen LogP) is 2.74. The van der Waals surface area contributed by atoms with Crippen molar-refractivity contribution < 1.29 is 17.9 Å². The second-order valence-electron chi connectivity index (χ2n) is 4.85. The van der Waals surface area contributed by atoms with E-state index in [1.165, 1.54) is 0 Å². The van der Waals surface area contributed by atoms with Gasteiger partial charge >= 0.3 is 0 Å². The number of nitrogens with one attached hydrogen (secondary N) is 1. The minimum absolute atomic E-state index is 0.266. The van der Waals surface area contributed by atoms with E-state index in [0.29, 0.717) is 44.1 Å². The van der Waals surface area contributed by atoms with Crippen molar-refractivity contribution in [1.82, 2.24) is 0 Å². The molecular formula is C14H20ClNO4S. The first-order chi connectivity index (χ1) is 10.1. The lowest BCUT2D eigenvalue weighted by molar-refractivity contribution is 0.0984. The Balaban J connectivity index is 2.14. The van der Waals surface area contributed by atoms with Gasteiger partial charge in [-0.2, -0.15) is 0 Å². The van der Waals surface area contributed by atoms with E-state index in [4.69, 9.17) is 21.1 Å². The molecule has 0 aliphatic carbocycles. The second-order valence-corrected chi connectivity index (χ2v) is 7.08. The average molecular weight is 334 g/mol. The quantitative estimate of drug-likeness (QED) is 0.813. The van der Waals surface area contributed by atoms with E-state index in [1.807, 2.05) is 6.92 Å². The molecule has 1 aromatic carbocycles. The molecule has 2 rings (SSSR count). The molecule has 0 saturated carbocycles. The molecule has 1 heterocycles. The van der Waals surface area contributed by atoms with Crippen LogP contribution in [0.15, 0.2) is 18.2 Å². The molecule has 0 aromatic heterocycles. The minimum Gasteiger partial charge on any atom is -0.494 e. The fourth-order valence-corrected chi connectivity index (χ4v) is 3.92. The van der Waals surface area contributed by atoms with Crippen LogP contribution in [0.25, 0.3) is 0 Å². The molecule has 0 unspecified atom stereocenters. The molecule has 0 radical (unpaired) electrons. The summed E-state index contributed by atoms with van der Waals surface area (Å²) in [6, 6.07) is 5.15. The first-order valence-corrected chi connectivity index (χ1v) is 9.06. The van der Waals surface area contributed by atoms with Crippen LogP contribution in [0.5, 0.6) is 5.75 Å². The number of benzene rings is 1. The number of rotatable bonds is 6. The normalized spacial score (nSPS) is 16.7. The molecule has 0 spiro atoms. The SMILES string of the molecule is CCOc1ccc(NS(=O)(=O)C2CCOCC2)cc1CCl. The summed E-state index contributed by atoms with van der Waals surface area (Å²) in [5, 5.41) is -0.405. The zero-order chi connectivity index (χ0) is 15.3. The number of hydrogen-bond donors (Lipinski definition) is 1. The van der Waals surface area contributed by atoms with Crippen LogP contribution in [-0.4, -0.2) is 33.5 Å². The van der Waals surface area contributed by atoms with E-state index in [1.54, 1.807) is 18.2 Å². The van der Waals surface area contributed by atoms with Crippen molar-refractivity contribution >= 4 is 27.3 Å². The third-order valence-corrected chi connectivity index (χ3v) is 5.53. The van der Waals surface area contributed by atoms with Crippen molar-refractivity contribution in [2.24, 2.45) is 0 Å². The first-order valence-electron chi connectivity index (χ1n) is 6.98. The van der Waals surface area contributed by atoms with Gasteiger partial charge in [-0.15, -0.1) is 11.6 Å². The van der Waals surface area contributed by atoms with Crippen LogP contribution in [0.4, 0.5) is 5.69 Å². The van der Waals surface area contributed by atoms with Crippen molar-refractivity contribution in [3.63, 3.8) is 0 Å². The summed E-state index contributed by atoms with van der Waals surface area (Å²) in [5.74, 6) is 0.948. The van der Waals surface area contributed by atoms with Gasteiger partial charge in [0.15, 0.2) is 0 Å². The zero-order valence-corrected chi connectivity index (χ0v) is 13.5. The Morgan fingerprint density at radius 3 is 2.71 bits per heavy atom. The lowest BCUT2D eigenvalue weighted by Gasteiger charge is -2.23. The van der Waals surface area contributed by atoms with Gasteiger partial charge in [0.1, 0.15) is 5.75 Å². The molecule has 1 saturated heterocycles. The highest BCUT2D eigenvalue weighted by Crippen LogP contribution is 2.26. The molecule has 0 amide bonds. The van der Waals surface area contributed by atoms with Gasteiger partial charge in [0.25, 0.3) is 0 Å². The third-order valence-electron chi connectivity index (χ3n) is 3.37. The summed E-state index contributed by atoms with van der Waals surface area (Å²) >= 11 is 5.89. The average Bonchev–Trinajstić information content (AvgIpc) is 2.49. The van der Waals surface area contributed by atoms with E-state index in [9.17, 15) is 8.42 Å². The number of halogens is 1. The molecular weight excluding hydrogens is 314 g/mol. The monoisotopic (exact) mass is 333 g/mol. The standard InChI is InChI=1S/C14H20ClNO4S/c1-2-20-14-4-3-12(9-11(14)10-15)16-21(17,18)13-5-7-19-8-6-13/h3-4,9,13,16H,2,5-8,10H2,1H3. The summed E-state index contributed by atoms with van der Waals surface area (Å²) in [5.41, 5.74) is 1.28. The van der Waals surface area contributed by atoms with E-state index < -0.39 is 15.3 Å². The van der Waals surface area contributed by atoms with Crippen LogP contribution in [-0.2, 0) is 20.6 Å². The van der Waals surface area contributed by atoms with Crippen LogP contribution in [0.3, 0.4) is 0 Å². The molecule has 7 heteroatoms. The van der Waals surface area contributed by atoms with Crippen LogP contribution in [0.1, 0.15) is 25.3 Å². The van der Waals surface area contributed by atoms with Gasteiger partial charge < -0.3 is 9.47 Å². The molecule has 1 aliphatic heterocycles. The molecule has 1 fully saturated rings. The summed E-state index contributed by atoms with van der Waals surface area (Å²) in [4.78, 5) is 0. The molecule has 118 valence electrons. The van der Waals surface area contributed by atoms with E-state index >= 15 is 0 Å². The van der Waals surface area contributed by atoms with Gasteiger partial charge in [-0.05, 0) is 38.0 Å². The number of alkyl halides is 1. The van der Waals surface area contributed by atoms with Crippen molar-refractivity contribution in [3.05, 3.63) is 23.8 Å². The predicted molar refractivity (Wildman–Crippen MR) is 83.6 cm³/mol. The molecule has 21 heavy (non-hydrogen) atoms. The highest BCUT2D eigenvalue weighted by molar-refractivity contribution is 7.93. The van der Waals surface area contributed by atoms with Gasteiger partial charge in [-0.3, -0.25) is 4.72 Å². The van der Waals surface area contributed by atoms with Gasteiger partial charge in [0, 0.05) is 24.5 Å². The Morgan fingerprint density at radius 1 is 1.38 bits per heavy atom. The molecule has 1 aliphatic rings. The van der Waals surface area contributed by atoms with Gasteiger partial charge in [0.2, 0.25) is 10.0 Å². The van der Waals surface area contributed by atoms with E-state index in [0.717, 1.165) is 5.56 Å². The Kier molecular flexibility index (Phi) is 5.72. The smallest absolute Gasteiger partial charge is 0.235 e. The third kappa shape index (κ3) is 4.25. The summed E-state index contributed by atoms with van der Waals surface area (Å²) in [6.07, 6.45) is 1.05. The largest absolute Gasteiger partial charge is 0.494 e. The van der Waals surface area contributed by atoms with Gasteiger partial charge in [-0.25, -0.2) is 8.42 Å². The van der Waals surface area contributed by atoms with Gasteiger partial charge in [-0.1, -0.05) is 0 Å². The minimum atomic E-state index is -3.40. The fourth-order valence-electron chi connectivity index (χ4n) is 2.28. The Labute approximate surface area is 130 Å². The van der Waals surface area contributed by atoms with Crippen LogP contribution >= 0.6 is 11.6 Å². The van der Waals surface area contributed by atoms with Gasteiger partial charge in [0.05, 0.1) is 17.7 Å². The van der Waals surface area contributed by atoms with Crippen LogP contribution in [0.2, 0.25) is 0 Å². The topological polar surface area (TPSA) is 64.6 Å². The Morgan fingerprint density at radius 2 is 2.10 bits per heavy atom. The maximum Gasteiger partial charge on any atom is 0.235 e. The second kappa shape index (κ2) is 7.33. The van der Waals surface area contributed by atoms with Crippen molar-refractivity contribution in [2.45, 2.75) is 30.9 Å². The maximum absolute atomic E-state index is 12.3. The maximum atomic E-state index is 12.3. The lowest BCUT2D eigenvalue weighted by atomic mass is 10.2. The Bertz CT molecular complexity index is 570. The van der Waals surface area contributed by atoms with Crippen molar-refractivity contribution in [2.75, 3.05) is 24.5 Å². The van der Waals surface area contributed by atoms with Crippen molar-refractivity contribution in [1.29, 1.82) is 0 Å².